The molecule has 256 valence electrons. The average molecular weight is 726 g/mol. The summed E-state index contributed by atoms with van der Waals surface area (Å²) in [6.45, 7) is 4.74. The third-order valence-electron chi connectivity index (χ3n) is 11.5. The fourth-order valence-corrected chi connectivity index (χ4v) is 11.4. The minimum Gasteiger partial charge on any atom is -0.309 e. The van der Waals surface area contributed by atoms with E-state index in [1.165, 1.54) is 90.5 Å². The van der Waals surface area contributed by atoms with E-state index in [9.17, 15) is 0 Å². The summed E-state index contributed by atoms with van der Waals surface area (Å²) in [5.41, 5.74) is 13.9. The lowest BCUT2D eigenvalue weighted by Gasteiger charge is -2.27. The van der Waals surface area contributed by atoms with E-state index in [-0.39, 0.29) is 5.41 Å². The number of hydrogen-bond donors (Lipinski definition) is 0. The molecule has 0 aliphatic heterocycles. The van der Waals surface area contributed by atoms with Crippen LogP contribution >= 0.6 is 22.7 Å². The van der Waals surface area contributed by atoms with Gasteiger partial charge in [-0.1, -0.05) is 147 Å². The third kappa shape index (κ3) is 4.69. The predicted octanol–water partition coefficient (Wildman–Crippen LogP) is 15.5. The van der Waals surface area contributed by atoms with Gasteiger partial charge in [0.05, 0.1) is 10.4 Å². The zero-order valence-electron chi connectivity index (χ0n) is 30.0. The van der Waals surface area contributed by atoms with Crippen LogP contribution in [0.15, 0.2) is 176 Å². The van der Waals surface area contributed by atoms with E-state index in [1.54, 1.807) is 0 Å². The van der Waals surface area contributed by atoms with E-state index in [1.807, 2.05) is 22.7 Å². The number of nitrogens with zero attached hydrogens (tertiary/aromatic N) is 1. The molecule has 0 saturated carbocycles. The normalized spacial score (nSPS) is 13.1. The zero-order chi connectivity index (χ0) is 36.0. The first-order chi connectivity index (χ1) is 26.5. The Kier molecular flexibility index (Phi) is 7.01. The fraction of sp³-hybridized carbons (Fsp3) is 0.0588. The molecule has 54 heavy (non-hydrogen) atoms. The van der Waals surface area contributed by atoms with Crippen molar-refractivity contribution in [2.24, 2.45) is 0 Å². The highest BCUT2D eigenvalue weighted by molar-refractivity contribution is 7.26. The third-order valence-corrected chi connectivity index (χ3v) is 13.9. The average Bonchev–Trinajstić information content (AvgIpc) is 3.87. The van der Waals surface area contributed by atoms with Crippen LogP contribution in [-0.4, -0.2) is 0 Å². The minimum absolute atomic E-state index is 0.0480. The number of thiophene rings is 2. The molecular formula is C51H35NS2. The smallest absolute Gasteiger partial charge is 0.0640 e. The highest BCUT2D eigenvalue weighted by Crippen LogP contribution is 2.55. The summed E-state index contributed by atoms with van der Waals surface area (Å²) >= 11 is 3.80. The van der Waals surface area contributed by atoms with Crippen molar-refractivity contribution < 1.29 is 0 Å². The lowest BCUT2D eigenvalue weighted by atomic mass is 9.82. The largest absolute Gasteiger partial charge is 0.309 e. The van der Waals surface area contributed by atoms with Crippen LogP contribution in [0.1, 0.15) is 25.0 Å². The standard InChI is InChI=1S/C51H35NS2/c1-51(2)42-25-8-6-21-40(42)47-43(51)28-29-46-48(47)41-24-13-26-44(50(41)54-46)52(35-18-10-16-33(30-35)32-14-4-3-5-15-32)36-19-11-17-34(31-36)37-22-12-23-39-38-20-7-9-27-45(38)53-49(37)39/h3-31H,1-2H3. The molecule has 2 aromatic heterocycles. The molecule has 0 bridgehead atoms. The van der Waals surface area contributed by atoms with E-state index in [4.69, 9.17) is 0 Å². The van der Waals surface area contributed by atoms with Crippen molar-refractivity contribution in [2.45, 2.75) is 19.3 Å². The van der Waals surface area contributed by atoms with Gasteiger partial charge in [-0.15, -0.1) is 22.7 Å². The van der Waals surface area contributed by atoms with Crippen molar-refractivity contribution >= 4 is 80.1 Å². The van der Waals surface area contributed by atoms with Crippen LogP contribution < -0.4 is 4.90 Å². The minimum atomic E-state index is -0.0480. The SMILES string of the molecule is CC1(C)c2ccccc2-c2c1ccc1sc3c(N(c4cccc(-c5ccccc5)c4)c4cccc(-c5cccc6c5sc5ccccc56)c4)cccc3c21. The second-order valence-corrected chi connectivity index (χ2v) is 17.0. The van der Waals surface area contributed by atoms with Gasteiger partial charge in [-0.3, -0.25) is 0 Å². The highest BCUT2D eigenvalue weighted by Gasteiger charge is 2.37. The summed E-state index contributed by atoms with van der Waals surface area (Å²) < 4.78 is 5.28. The van der Waals surface area contributed by atoms with Gasteiger partial charge in [-0.25, -0.2) is 0 Å². The Labute approximate surface area is 323 Å². The lowest BCUT2D eigenvalue weighted by molar-refractivity contribution is 0.661. The first-order valence-electron chi connectivity index (χ1n) is 18.6. The maximum Gasteiger partial charge on any atom is 0.0640 e. The molecule has 8 aromatic carbocycles. The summed E-state index contributed by atoms with van der Waals surface area (Å²) in [5.74, 6) is 0. The second-order valence-electron chi connectivity index (χ2n) is 14.9. The summed E-state index contributed by atoms with van der Waals surface area (Å²) in [5, 5.41) is 5.32. The number of fused-ring (bicyclic) bond motifs is 10. The lowest BCUT2D eigenvalue weighted by Crippen LogP contribution is -2.14. The van der Waals surface area contributed by atoms with Gasteiger partial charge in [0.15, 0.2) is 0 Å². The van der Waals surface area contributed by atoms with Gasteiger partial charge in [0.25, 0.3) is 0 Å². The molecular weight excluding hydrogens is 691 g/mol. The quantitative estimate of drug-likeness (QED) is 0.171. The van der Waals surface area contributed by atoms with Crippen molar-refractivity contribution in [3.63, 3.8) is 0 Å². The van der Waals surface area contributed by atoms with Gasteiger partial charge in [0, 0.05) is 52.4 Å². The number of hydrogen-bond acceptors (Lipinski definition) is 3. The van der Waals surface area contributed by atoms with E-state index in [0.29, 0.717) is 0 Å². The van der Waals surface area contributed by atoms with E-state index >= 15 is 0 Å². The summed E-state index contributed by atoms with van der Waals surface area (Å²) in [6, 6.07) is 65.1. The van der Waals surface area contributed by atoms with Crippen LogP contribution in [0.3, 0.4) is 0 Å². The summed E-state index contributed by atoms with van der Waals surface area (Å²) in [4.78, 5) is 2.48. The highest BCUT2D eigenvalue weighted by atomic mass is 32.1. The molecule has 3 heteroatoms. The maximum absolute atomic E-state index is 2.48. The number of benzene rings is 8. The molecule has 0 atom stereocenters. The van der Waals surface area contributed by atoms with Crippen LogP contribution in [0.25, 0.3) is 73.7 Å². The van der Waals surface area contributed by atoms with Gasteiger partial charge in [-0.05, 0) is 87.0 Å². The molecule has 0 N–H and O–H groups in total. The van der Waals surface area contributed by atoms with Crippen LogP contribution in [0.4, 0.5) is 17.1 Å². The van der Waals surface area contributed by atoms with Crippen molar-refractivity contribution in [1.82, 2.24) is 0 Å². The Balaban J connectivity index is 1.16. The van der Waals surface area contributed by atoms with Crippen molar-refractivity contribution in [3.05, 3.63) is 187 Å². The molecule has 1 aliphatic carbocycles. The molecule has 1 aliphatic rings. The predicted molar refractivity (Wildman–Crippen MR) is 235 cm³/mol. The first kappa shape index (κ1) is 31.5. The van der Waals surface area contributed by atoms with Crippen molar-refractivity contribution in [1.29, 1.82) is 0 Å². The van der Waals surface area contributed by atoms with Gasteiger partial charge in [-0.2, -0.15) is 0 Å². The Morgan fingerprint density at radius 3 is 1.93 bits per heavy atom. The Bertz CT molecular complexity index is 3090. The molecule has 0 fully saturated rings. The Morgan fingerprint density at radius 2 is 1.06 bits per heavy atom. The van der Waals surface area contributed by atoms with Crippen LogP contribution in [0.5, 0.6) is 0 Å². The van der Waals surface area contributed by atoms with E-state index < -0.39 is 0 Å². The molecule has 11 rings (SSSR count). The van der Waals surface area contributed by atoms with E-state index in [0.717, 1.165) is 11.4 Å². The summed E-state index contributed by atoms with van der Waals surface area (Å²) in [7, 11) is 0. The van der Waals surface area contributed by atoms with Gasteiger partial charge in [0.2, 0.25) is 0 Å². The molecule has 0 amide bonds. The summed E-state index contributed by atoms with van der Waals surface area (Å²) in [6.07, 6.45) is 0. The van der Waals surface area contributed by atoms with Gasteiger partial charge in [0.1, 0.15) is 0 Å². The number of rotatable bonds is 5. The van der Waals surface area contributed by atoms with E-state index in [2.05, 4.69) is 195 Å². The monoisotopic (exact) mass is 725 g/mol. The van der Waals surface area contributed by atoms with Gasteiger partial charge >= 0.3 is 0 Å². The fourth-order valence-electron chi connectivity index (χ4n) is 8.91. The first-order valence-corrected chi connectivity index (χ1v) is 20.2. The van der Waals surface area contributed by atoms with Crippen molar-refractivity contribution in [3.8, 4) is 33.4 Å². The molecule has 0 saturated heterocycles. The zero-order valence-corrected chi connectivity index (χ0v) is 31.6. The molecule has 0 spiro atoms. The molecule has 1 nitrogen and oxygen atoms in total. The Morgan fingerprint density at radius 1 is 0.426 bits per heavy atom. The molecule has 2 heterocycles. The molecule has 0 unspecified atom stereocenters. The Hall–Kier alpha value is -6.00. The topological polar surface area (TPSA) is 3.24 Å². The maximum atomic E-state index is 2.48. The van der Waals surface area contributed by atoms with Crippen LogP contribution in [0.2, 0.25) is 0 Å². The molecule has 10 aromatic rings. The molecule has 0 radical (unpaired) electrons. The van der Waals surface area contributed by atoms with Gasteiger partial charge < -0.3 is 4.90 Å². The second kappa shape index (κ2) is 12.0. The number of anilines is 3. The van der Waals surface area contributed by atoms with Crippen molar-refractivity contribution in [2.75, 3.05) is 4.90 Å². The van der Waals surface area contributed by atoms with Crippen LogP contribution in [-0.2, 0) is 5.41 Å². The van der Waals surface area contributed by atoms with Crippen LogP contribution in [0, 0.1) is 0 Å².